The van der Waals surface area contributed by atoms with Crippen molar-refractivity contribution >= 4 is 15.9 Å². The van der Waals surface area contributed by atoms with Gasteiger partial charge in [0.1, 0.15) is 5.82 Å². The van der Waals surface area contributed by atoms with Crippen LogP contribution < -0.4 is 0 Å². The minimum atomic E-state index is -3.45. The molecule has 2 heterocycles. The molecule has 25 heavy (non-hydrogen) atoms. The maximum atomic E-state index is 13.0. The summed E-state index contributed by atoms with van der Waals surface area (Å²) in [5.41, 5.74) is 0.466. The number of piperidine rings is 2. The Morgan fingerprint density at radius 1 is 1.16 bits per heavy atom. The molecule has 138 valence electrons. The van der Waals surface area contributed by atoms with Crippen LogP contribution >= 0.6 is 0 Å². The molecule has 1 amide bonds. The summed E-state index contributed by atoms with van der Waals surface area (Å²) in [6.45, 7) is 4.27. The monoisotopic (exact) mass is 368 g/mol. The summed E-state index contributed by atoms with van der Waals surface area (Å²) < 4.78 is 40.3. The molecule has 2 saturated heterocycles. The first-order chi connectivity index (χ1) is 11.8. The number of likely N-dealkylation sites (tertiary alicyclic amines) is 1. The Hall–Kier alpha value is -1.47. The third kappa shape index (κ3) is 4.03. The maximum Gasteiger partial charge on any atom is 0.222 e. The second-order valence-electron chi connectivity index (χ2n) is 7.23. The fraction of sp³-hybridized carbons (Fsp3) is 0.611. The van der Waals surface area contributed by atoms with Crippen LogP contribution in [0.1, 0.15) is 38.2 Å². The second kappa shape index (κ2) is 7.03. The fourth-order valence-electron chi connectivity index (χ4n) is 4.01. The Morgan fingerprint density at radius 3 is 2.56 bits per heavy atom. The van der Waals surface area contributed by atoms with Crippen molar-refractivity contribution in [1.82, 2.24) is 9.21 Å². The zero-order valence-electron chi connectivity index (χ0n) is 14.6. The van der Waals surface area contributed by atoms with Gasteiger partial charge in [-0.15, -0.1) is 0 Å². The molecule has 1 spiro atoms. The van der Waals surface area contributed by atoms with Gasteiger partial charge in [0.2, 0.25) is 15.9 Å². The number of nitrogens with zero attached hydrogens (tertiary/aromatic N) is 2. The molecule has 5 nitrogen and oxygen atoms in total. The number of benzene rings is 1. The Morgan fingerprint density at radius 2 is 1.88 bits per heavy atom. The van der Waals surface area contributed by atoms with Crippen LogP contribution in [0.5, 0.6) is 0 Å². The van der Waals surface area contributed by atoms with Crippen LogP contribution in [0.25, 0.3) is 0 Å². The van der Waals surface area contributed by atoms with Gasteiger partial charge in [-0.1, -0.05) is 12.1 Å². The molecule has 0 bridgehead atoms. The third-order valence-corrected chi connectivity index (χ3v) is 7.21. The lowest BCUT2D eigenvalue weighted by molar-refractivity contribution is -0.138. The zero-order valence-corrected chi connectivity index (χ0v) is 15.4. The third-order valence-electron chi connectivity index (χ3n) is 5.41. The summed E-state index contributed by atoms with van der Waals surface area (Å²) in [5, 5.41) is 0. The highest BCUT2D eigenvalue weighted by Crippen LogP contribution is 2.39. The topological polar surface area (TPSA) is 57.7 Å². The van der Waals surface area contributed by atoms with Crippen LogP contribution in [-0.4, -0.2) is 49.7 Å². The molecule has 1 atom stereocenters. The molecule has 0 saturated carbocycles. The molecule has 2 aliphatic heterocycles. The van der Waals surface area contributed by atoms with Gasteiger partial charge < -0.3 is 4.90 Å². The highest BCUT2D eigenvalue weighted by Gasteiger charge is 2.43. The minimum Gasteiger partial charge on any atom is -0.342 e. The lowest BCUT2D eigenvalue weighted by atomic mass is 9.74. The molecule has 0 radical (unpaired) electrons. The average molecular weight is 368 g/mol. The minimum absolute atomic E-state index is 0.111. The van der Waals surface area contributed by atoms with Gasteiger partial charge in [-0.05, 0) is 43.9 Å². The molecule has 0 aromatic heterocycles. The highest BCUT2D eigenvalue weighted by molar-refractivity contribution is 7.88. The van der Waals surface area contributed by atoms with Gasteiger partial charge in [0.15, 0.2) is 0 Å². The van der Waals surface area contributed by atoms with Crippen molar-refractivity contribution in [1.29, 1.82) is 0 Å². The first-order valence-corrected chi connectivity index (χ1v) is 10.4. The van der Waals surface area contributed by atoms with Crippen LogP contribution in [0.2, 0.25) is 0 Å². The van der Waals surface area contributed by atoms with Crippen molar-refractivity contribution in [2.24, 2.45) is 5.41 Å². The zero-order chi connectivity index (χ0) is 18.1. The number of hydrogen-bond acceptors (Lipinski definition) is 3. The second-order valence-corrected chi connectivity index (χ2v) is 9.20. The van der Waals surface area contributed by atoms with Gasteiger partial charge in [0, 0.05) is 38.0 Å². The predicted octanol–water partition coefficient (Wildman–Crippen LogP) is 2.38. The van der Waals surface area contributed by atoms with Gasteiger partial charge >= 0.3 is 0 Å². The van der Waals surface area contributed by atoms with Crippen LogP contribution in [-0.2, 0) is 20.6 Å². The van der Waals surface area contributed by atoms with E-state index >= 15 is 0 Å². The van der Waals surface area contributed by atoms with E-state index in [1.165, 1.54) is 24.3 Å². The van der Waals surface area contributed by atoms with Crippen molar-refractivity contribution in [3.05, 3.63) is 35.6 Å². The number of hydrogen-bond donors (Lipinski definition) is 0. The molecule has 0 N–H and O–H groups in total. The van der Waals surface area contributed by atoms with E-state index < -0.39 is 10.0 Å². The Kier molecular flexibility index (Phi) is 5.16. The summed E-state index contributed by atoms with van der Waals surface area (Å²) in [6.07, 6.45) is 3.03. The maximum absolute atomic E-state index is 13.0. The quantitative estimate of drug-likeness (QED) is 0.820. The van der Waals surface area contributed by atoms with Gasteiger partial charge in [-0.25, -0.2) is 17.1 Å². The van der Waals surface area contributed by atoms with E-state index in [9.17, 15) is 17.6 Å². The molecule has 2 fully saturated rings. The van der Waals surface area contributed by atoms with Crippen molar-refractivity contribution < 1.29 is 17.6 Å². The number of amides is 1. The molecule has 1 aromatic rings. The SMILES string of the molecule is CCN1C[C@]2(CCCN(S(=O)(=O)Cc3ccc(F)cc3)C2)CCC1=O. The average Bonchev–Trinajstić information content (AvgIpc) is 2.59. The molecule has 2 aliphatic rings. The smallest absolute Gasteiger partial charge is 0.222 e. The summed E-state index contributed by atoms with van der Waals surface area (Å²) in [7, 11) is -3.45. The number of rotatable bonds is 4. The predicted molar refractivity (Wildman–Crippen MR) is 93.8 cm³/mol. The largest absolute Gasteiger partial charge is 0.342 e. The van der Waals surface area contributed by atoms with E-state index in [-0.39, 0.29) is 22.9 Å². The van der Waals surface area contributed by atoms with Gasteiger partial charge in [-0.3, -0.25) is 4.79 Å². The van der Waals surface area contributed by atoms with Crippen molar-refractivity contribution in [2.75, 3.05) is 26.2 Å². The lowest BCUT2D eigenvalue weighted by Gasteiger charge is -2.47. The molecule has 7 heteroatoms. The lowest BCUT2D eigenvalue weighted by Crippen LogP contribution is -2.55. The van der Waals surface area contributed by atoms with Gasteiger partial charge in [-0.2, -0.15) is 0 Å². The van der Waals surface area contributed by atoms with Crippen LogP contribution in [0.4, 0.5) is 4.39 Å². The summed E-state index contributed by atoms with van der Waals surface area (Å²) >= 11 is 0. The number of carbonyl (C=O) groups excluding carboxylic acids is 1. The molecular weight excluding hydrogens is 343 g/mol. The van der Waals surface area contributed by atoms with Crippen molar-refractivity contribution in [3.63, 3.8) is 0 Å². The molecule has 1 aromatic carbocycles. The van der Waals surface area contributed by atoms with Gasteiger partial charge in [0.25, 0.3) is 0 Å². The molecule has 0 unspecified atom stereocenters. The number of sulfonamides is 1. The van der Waals surface area contributed by atoms with Crippen LogP contribution in [0, 0.1) is 11.2 Å². The summed E-state index contributed by atoms with van der Waals surface area (Å²) in [6, 6.07) is 5.61. The Balaban J connectivity index is 1.74. The number of carbonyl (C=O) groups is 1. The van der Waals surface area contributed by atoms with E-state index in [2.05, 4.69) is 0 Å². The molecular formula is C18H25FN2O3S. The molecule has 3 rings (SSSR count). The first-order valence-electron chi connectivity index (χ1n) is 8.84. The van der Waals surface area contributed by atoms with Crippen molar-refractivity contribution in [3.8, 4) is 0 Å². The van der Waals surface area contributed by atoms with Crippen molar-refractivity contribution in [2.45, 2.75) is 38.4 Å². The van der Waals surface area contributed by atoms with Gasteiger partial charge in [0.05, 0.1) is 5.75 Å². The Bertz CT molecular complexity index is 735. The van der Waals surface area contributed by atoms with E-state index in [0.717, 1.165) is 19.3 Å². The highest BCUT2D eigenvalue weighted by atomic mass is 32.2. The van der Waals surface area contributed by atoms with E-state index in [1.807, 2.05) is 11.8 Å². The van der Waals surface area contributed by atoms with E-state index in [1.54, 1.807) is 4.31 Å². The van der Waals surface area contributed by atoms with E-state index in [4.69, 9.17) is 0 Å². The fourth-order valence-corrected chi connectivity index (χ4v) is 5.68. The Labute approximate surface area is 148 Å². The standard InChI is InChI=1S/C18H25FN2O3S/c1-2-20-13-18(10-8-17(20)22)9-3-11-21(14-18)25(23,24)12-15-4-6-16(19)7-5-15/h4-7H,2-3,8-14H2,1H3/t18-/m0/s1. The number of halogens is 1. The van der Waals surface area contributed by atoms with Crippen LogP contribution in [0.15, 0.2) is 24.3 Å². The summed E-state index contributed by atoms with van der Waals surface area (Å²) in [5.74, 6) is -0.316. The molecule has 0 aliphatic carbocycles. The van der Waals surface area contributed by atoms with Crippen LogP contribution in [0.3, 0.4) is 0 Å². The summed E-state index contributed by atoms with van der Waals surface area (Å²) in [4.78, 5) is 13.8. The van der Waals surface area contributed by atoms with E-state index in [0.29, 0.717) is 38.2 Å². The normalized spacial score (nSPS) is 25.5. The first kappa shape index (κ1) is 18.3.